The van der Waals surface area contributed by atoms with Crippen molar-refractivity contribution in [2.75, 3.05) is 7.11 Å². The monoisotopic (exact) mass is 368 g/mol. The SMILES string of the molecule is CCCCCCCCCCC(=O)CCCCCCCCCCC(=O)OC. The second-order valence-electron chi connectivity index (χ2n) is 7.67. The molecular weight excluding hydrogens is 324 g/mol. The van der Waals surface area contributed by atoms with Crippen LogP contribution in [-0.4, -0.2) is 18.9 Å². The van der Waals surface area contributed by atoms with Gasteiger partial charge in [0.15, 0.2) is 0 Å². The van der Waals surface area contributed by atoms with Gasteiger partial charge in [0, 0.05) is 19.3 Å². The summed E-state index contributed by atoms with van der Waals surface area (Å²) in [5, 5.41) is 0. The van der Waals surface area contributed by atoms with Gasteiger partial charge in [-0.15, -0.1) is 0 Å². The fourth-order valence-electron chi connectivity index (χ4n) is 3.34. The Balaban J connectivity index is 3.18. The van der Waals surface area contributed by atoms with Gasteiger partial charge in [-0.1, -0.05) is 90.4 Å². The summed E-state index contributed by atoms with van der Waals surface area (Å²) < 4.78 is 4.63. The molecule has 0 aliphatic heterocycles. The highest BCUT2D eigenvalue weighted by atomic mass is 16.5. The van der Waals surface area contributed by atoms with E-state index < -0.39 is 0 Å². The van der Waals surface area contributed by atoms with Gasteiger partial charge in [-0.2, -0.15) is 0 Å². The molecule has 0 saturated carbocycles. The lowest BCUT2D eigenvalue weighted by atomic mass is 10.0. The number of esters is 1. The second-order valence-corrected chi connectivity index (χ2v) is 7.67. The molecule has 0 unspecified atom stereocenters. The molecule has 0 N–H and O–H groups in total. The third-order valence-electron chi connectivity index (χ3n) is 5.12. The van der Waals surface area contributed by atoms with Crippen molar-refractivity contribution in [1.82, 2.24) is 0 Å². The van der Waals surface area contributed by atoms with Crippen molar-refractivity contribution < 1.29 is 14.3 Å². The van der Waals surface area contributed by atoms with E-state index in [9.17, 15) is 9.59 Å². The van der Waals surface area contributed by atoms with Crippen molar-refractivity contribution in [1.29, 1.82) is 0 Å². The molecule has 0 aliphatic rings. The zero-order valence-electron chi connectivity index (χ0n) is 17.7. The highest BCUT2D eigenvalue weighted by Gasteiger charge is 2.02. The van der Waals surface area contributed by atoms with Gasteiger partial charge >= 0.3 is 5.97 Å². The zero-order chi connectivity index (χ0) is 19.3. The molecular formula is C23H44O3. The summed E-state index contributed by atoms with van der Waals surface area (Å²) in [6.45, 7) is 2.25. The number of hydrogen-bond donors (Lipinski definition) is 0. The molecule has 0 saturated heterocycles. The molecule has 0 rings (SSSR count). The number of carbonyl (C=O) groups is 2. The lowest BCUT2D eigenvalue weighted by Crippen LogP contribution is -1.99. The maximum absolute atomic E-state index is 11.9. The van der Waals surface area contributed by atoms with Crippen molar-refractivity contribution >= 4 is 11.8 Å². The quantitative estimate of drug-likeness (QED) is 0.169. The van der Waals surface area contributed by atoms with Gasteiger partial charge in [0.2, 0.25) is 0 Å². The van der Waals surface area contributed by atoms with Crippen LogP contribution in [0.2, 0.25) is 0 Å². The molecule has 0 spiro atoms. The Labute approximate surface area is 162 Å². The second kappa shape index (κ2) is 20.5. The van der Waals surface area contributed by atoms with Crippen molar-refractivity contribution in [2.45, 2.75) is 129 Å². The predicted octanol–water partition coefficient (Wildman–Crippen LogP) is 7.16. The highest BCUT2D eigenvalue weighted by Crippen LogP contribution is 2.13. The number of unbranched alkanes of at least 4 members (excludes halogenated alkanes) is 14. The largest absolute Gasteiger partial charge is 0.469 e. The standard InChI is InChI=1S/C23H44O3/c1-3-4-5-6-7-10-13-16-19-22(24)20-17-14-11-8-9-12-15-18-21-23(25)26-2/h3-21H2,1-2H3. The molecule has 0 atom stereocenters. The third-order valence-corrected chi connectivity index (χ3v) is 5.12. The summed E-state index contributed by atoms with van der Waals surface area (Å²) >= 11 is 0. The van der Waals surface area contributed by atoms with Gasteiger partial charge in [0.1, 0.15) is 5.78 Å². The van der Waals surface area contributed by atoms with Crippen LogP contribution in [0.4, 0.5) is 0 Å². The average Bonchev–Trinajstić information content (AvgIpc) is 2.65. The van der Waals surface area contributed by atoms with E-state index in [1.807, 2.05) is 0 Å². The van der Waals surface area contributed by atoms with E-state index in [2.05, 4.69) is 11.7 Å². The average molecular weight is 369 g/mol. The molecule has 0 fully saturated rings. The van der Waals surface area contributed by atoms with Crippen LogP contribution in [0.3, 0.4) is 0 Å². The maximum atomic E-state index is 11.9. The number of ketones is 1. The first-order chi connectivity index (χ1) is 12.7. The van der Waals surface area contributed by atoms with Crippen LogP contribution in [0.1, 0.15) is 129 Å². The fraction of sp³-hybridized carbons (Fsp3) is 0.913. The molecule has 0 aromatic rings. The summed E-state index contributed by atoms with van der Waals surface area (Å²) in [7, 11) is 1.45. The van der Waals surface area contributed by atoms with E-state index in [4.69, 9.17) is 0 Å². The smallest absolute Gasteiger partial charge is 0.305 e. The Hall–Kier alpha value is -0.860. The van der Waals surface area contributed by atoms with Crippen molar-refractivity contribution in [3.63, 3.8) is 0 Å². The predicted molar refractivity (Wildman–Crippen MR) is 110 cm³/mol. The molecule has 3 nitrogen and oxygen atoms in total. The Kier molecular flexibility index (Phi) is 19.8. The summed E-state index contributed by atoms with van der Waals surface area (Å²) in [5.41, 5.74) is 0. The Morgan fingerprint density at radius 2 is 0.885 bits per heavy atom. The van der Waals surface area contributed by atoms with Gasteiger partial charge in [-0.3, -0.25) is 9.59 Å². The van der Waals surface area contributed by atoms with E-state index in [1.54, 1.807) is 0 Å². The maximum Gasteiger partial charge on any atom is 0.305 e. The molecule has 0 aliphatic carbocycles. The highest BCUT2D eigenvalue weighted by molar-refractivity contribution is 5.78. The third kappa shape index (κ3) is 19.5. The summed E-state index contributed by atoms with van der Waals surface area (Å²) in [6.07, 6.45) is 21.8. The molecule has 0 bridgehead atoms. The number of ether oxygens (including phenoxy) is 1. The fourth-order valence-corrected chi connectivity index (χ4v) is 3.34. The molecule has 26 heavy (non-hydrogen) atoms. The number of methoxy groups -OCH3 is 1. The Morgan fingerprint density at radius 1 is 0.538 bits per heavy atom. The molecule has 3 heteroatoms. The van der Waals surface area contributed by atoms with Gasteiger partial charge in [0.25, 0.3) is 0 Å². The number of hydrogen-bond acceptors (Lipinski definition) is 3. The van der Waals surface area contributed by atoms with E-state index in [0.717, 1.165) is 38.5 Å². The van der Waals surface area contributed by atoms with Crippen LogP contribution < -0.4 is 0 Å². The van der Waals surface area contributed by atoms with Crippen LogP contribution in [-0.2, 0) is 14.3 Å². The first-order valence-electron chi connectivity index (χ1n) is 11.3. The minimum atomic E-state index is -0.0957. The Morgan fingerprint density at radius 3 is 1.27 bits per heavy atom. The lowest BCUT2D eigenvalue weighted by Gasteiger charge is -2.03. The molecule has 0 heterocycles. The van der Waals surface area contributed by atoms with E-state index in [1.165, 1.54) is 84.2 Å². The van der Waals surface area contributed by atoms with Crippen LogP contribution in [0.25, 0.3) is 0 Å². The first-order valence-corrected chi connectivity index (χ1v) is 11.3. The molecule has 0 radical (unpaired) electrons. The topological polar surface area (TPSA) is 43.4 Å². The molecule has 0 aromatic carbocycles. The van der Waals surface area contributed by atoms with Gasteiger partial charge in [-0.05, 0) is 19.3 Å². The first kappa shape index (κ1) is 25.1. The van der Waals surface area contributed by atoms with Crippen molar-refractivity contribution in [3.8, 4) is 0 Å². The number of Topliss-reactive ketones (excluding diaryl/α,β-unsaturated/α-hetero) is 1. The van der Waals surface area contributed by atoms with E-state index >= 15 is 0 Å². The zero-order valence-corrected chi connectivity index (χ0v) is 17.7. The number of carbonyl (C=O) groups excluding carboxylic acids is 2. The van der Waals surface area contributed by atoms with Crippen LogP contribution in [0.5, 0.6) is 0 Å². The minimum Gasteiger partial charge on any atom is -0.469 e. The minimum absolute atomic E-state index is 0.0957. The normalized spacial score (nSPS) is 10.8. The number of rotatable bonds is 20. The summed E-state index contributed by atoms with van der Waals surface area (Å²) in [4.78, 5) is 22.8. The summed E-state index contributed by atoms with van der Waals surface area (Å²) in [6, 6.07) is 0. The van der Waals surface area contributed by atoms with Crippen LogP contribution >= 0.6 is 0 Å². The van der Waals surface area contributed by atoms with Gasteiger partial charge in [0.05, 0.1) is 7.11 Å². The van der Waals surface area contributed by atoms with Crippen LogP contribution in [0, 0.1) is 0 Å². The van der Waals surface area contributed by atoms with Crippen molar-refractivity contribution in [3.05, 3.63) is 0 Å². The lowest BCUT2D eigenvalue weighted by molar-refractivity contribution is -0.140. The summed E-state index contributed by atoms with van der Waals surface area (Å²) in [5.74, 6) is 0.375. The van der Waals surface area contributed by atoms with Gasteiger partial charge in [-0.25, -0.2) is 0 Å². The van der Waals surface area contributed by atoms with E-state index in [-0.39, 0.29) is 5.97 Å². The molecule has 154 valence electrons. The van der Waals surface area contributed by atoms with Crippen LogP contribution in [0.15, 0.2) is 0 Å². The van der Waals surface area contributed by atoms with Crippen molar-refractivity contribution in [2.24, 2.45) is 0 Å². The Bertz CT molecular complexity index is 325. The molecule has 0 aromatic heterocycles. The van der Waals surface area contributed by atoms with Gasteiger partial charge < -0.3 is 4.74 Å². The van der Waals surface area contributed by atoms with E-state index in [0.29, 0.717) is 12.2 Å². The molecule has 0 amide bonds.